The van der Waals surface area contributed by atoms with Gasteiger partial charge in [-0.3, -0.25) is 4.79 Å². The number of halogens is 1. The van der Waals surface area contributed by atoms with E-state index in [4.69, 9.17) is 16.3 Å². The minimum atomic E-state index is -0.501. The zero-order valence-electron chi connectivity index (χ0n) is 13.0. The number of ether oxygens (including phenoxy) is 1. The Morgan fingerprint density at radius 1 is 1.39 bits per heavy atom. The molecule has 2 atom stereocenters. The van der Waals surface area contributed by atoms with Crippen molar-refractivity contribution < 1.29 is 14.6 Å². The average Bonchev–Trinajstić information content (AvgIpc) is 2.48. The first-order chi connectivity index (χ1) is 11.0. The third-order valence-electron chi connectivity index (χ3n) is 5.70. The average molecular weight is 338 g/mol. The Hall–Kier alpha value is -1.40. The topological polar surface area (TPSA) is 84.3 Å². The van der Waals surface area contributed by atoms with Crippen molar-refractivity contribution in [3.8, 4) is 5.88 Å². The summed E-state index contributed by atoms with van der Waals surface area (Å²) in [6.45, 7) is 0. The molecular weight excluding hydrogens is 318 g/mol. The summed E-state index contributed by atoms with van der Waals surface area (Å²) in [7, 11) is 1.45. The predicted molar refractivity (Wildman–Crippen MR) is 83.4 cm³/mol. The van der Waals surface area contributed by atoms with Crippen LogP contribution in [0.25, 0.3) is 0 Å². The van der Waals surface area contributed by atoms with Gasteiger partial charge in [0, 0.05) is 12.2 Å². The maximum Gasteiger partial charge on any atom is 0.258 e. The molecule has 23 heavy (non-hydrogen) atoms. The molecule has 4 aliphatic rings. The molecule has 1 aromatic heterocycles. The summed E-state index contributed by atoms with van der Waals surface area (Å²) in [5.74, 6) is 1.27. The standard InChI is InChI=1S/C16H20ClN3O3/c1-23-14-11(7-18-15(17)20-14)13(21)19-12-9-2-8-3-10(12)6-16(22,4-8)5-9/h7-10,12,22H,2-6H2,1H3,(H,19,21)/t8?,9?,10?,12-,16+. The third-order valence-corrected chi connectivity index (χ3v) is 5.88. The summed E-state index contributed by atoms with van der Waals surface area (Å²) in [5, 5.41) is 13.8. The fourth-order valence-electron chi connectivity index (χ4n) is 5.10. The van der Waals surface area contributed by atoms with E-state index < -0.39 is 5.60 Å². The van der Waals surface area contributed by atoms with E-state index in [0.29, 0.717) is 23.3 Å². The van der Waals surface area contributed by atoms with Crippen molar-refractivity contribution >= 4 is 17.5 Å². The molecule has 4 bridgehead atoms. The molecule has 0 aromatic carbocycles. The lowest BCUT2D eigenvalue weighted by Gasteiger charge is -2.58. The fourth-order valence-corrected chi connectivity index (χ4v) is 5.23. The molecule has 0 spiro atoms. The molecule has 1 amide bonds. The maximum absolute atomic E-state index is 12.6. The Labute approximate surface area is 139 Å². The number of aliphatic hydroxyl groups is 1. The smallest absolute Gasteiger partial charge is 0.258 e. The van der Waals surface area contributed by atoms with E-state index in [9.17, 15) is 9.90 Å². The van der Waals surface area contributed by atoms with Gasteiger partial charge in [-0.05, 0) is 61.5 Å². The number of carbonyl (C=O) groups excluding carboxylic acids is 1. The molecule has 4 aliphatic carbocycles. The molecule has 0 radical (unpaired) electrons. The van der Waals surface area contributed by atoms with Crippen LogP contribution in [0.15, 0.2) is 6.20 Å². The van der Waals surface area contributed by atoms with Gasteiger partial charge in [-0.1, -0.05) is 0 Å². The van der Waals surface area contributed by atoms with Gasteiger partial charge in [0.15, 0.2) is 0 Å². The van der Waals surface area contributed by atoms with Crippen molar-refractivity contribution in [1.29, 1.82) is 0 Å². The number of hydrogen-bond donors (Lipinski definition) is 2. The van der Waals surface area contributed by atoms with E-state index in [1.165, 1.54) is 13.3 Å². The highest BCUT2D eigenvalue weighted by Gasteiger charge is 2.55. The van der Waals surface area contributed by atoms with E-state index in [1.807, 2.05) is 0 Å². The number of carbonyl (C=O) groups is 1. The second-order valence-corrected chi connectivity index (χ2v) is 7.59. The first kappa shape index (κ1) is 15.1. The van der Waals surface area contributed by atoms with Gasteiger partial charge in [0.05, 0.1) is 12.7 Å². The van der Waals surface area contributed by atoms with E-state index in [0.717, 1.165) is 32.1 Å². The van der Waals surface area contributed by atoms with Crippen LogP contribution >= 0.6 is 11.6 Å². The number of methoxy groups -OCH3 is 1. The fraction of sp³-hybridized carbons (Fsp3) is 0.688. The Morgan fingerprint density at radius 3 is 2.70 bits per heavy atom. The Bertz CT molecular complexity index is 637. The van der Waals surface area contributed by atoms with Crippen LogP contribution < -0.4 is 10.1 Å². The van der Waals surface area contributed by atoms with Gasteiger partial charge in [0.2, 0.25) is 11.2 Å². The molecule has 4 saturated carbocycles. The highest BCUT2D eigenvalue weighted by atomic mass is 35.5. The van der Waals surface area contributed by atoms with Crippen molar-refractivity contribution in [3.63, 3.8) is 0 Å². The highest BCUT2D eigenvalue weighted by molar-refractivity contribution is 6.28. The SMILES string of the molecule is COc1nc(Cl)ncc1C(=O)N[C@H]1C2CC3CC1C[C@@](O)(C3)C2. The first-order valence-corrected chi connectivity index (χ1v) is 8.45. The van der Waals surface area contributed by atoms with Gasteiger partial charge in [-0.25, -0.2) is 4.98 Å². The molecule has 2 unspecified atom stereocenters. The van der Waals surface area contributed by atoms with Crippen LogP contribution in [0.3, 0.4) is 0 Å². The van der Waals surface area contributed by atoms with Crippen molar-refractivity contribution in [2.45, 2.75) is 43.7 Å². The van der Waals surface area contributed by atoms with E-state index in [-0.39, 0.29) is 23.1 Å². The van der Waals surface area contributed by atoms with Gasteiger partial charge in [0.25, 0.3) is 5.91 Å². The van der Waals surface area contributed by atoms with Gasteiger partial charge < -0.3 is 15.2 Å². The lowest BCUT2D eigenvalue weighted by atomic mass is 9.52. The minimum absolute atomic E-state index is 0.0512. The van der Waals surface area contributed by atoms with E-state index >= 15 is 0 Å². The van der Waals surface area contributed by atoms with Crippen LogP contribution in [0.1, 0.15) is 42.5 Å². The molecule has 5 rings (SSSR count). The number of nitrogens with zero attached hydrogens (tertiary/aromatic N) is 2. The largest absolute Gasteiger partial charge is 0.480 e. The monoisotopic (exact) mass is 337 g/mol. The number of amides is 1. The van der Waals surface area contributed by atoms with Crippen molar-refractivity contribution in [2.75, 3.05) is 7.11 Å². The number of hydrogen-bond acceptors (Lipinski definition) is 5. The van der Waals surface area contributed by atoms with Gasteiger partial charge in [0.1, 0.15) is 5.56 Å². The summed E-state index contributed by atoms with van der Waals surface area (Å²) >= 11 is 5.74. The van der Waals surface area contributed by atoms with Crippen LogP contribution in [-0.2, 0) is 0 Å². The number of nitrogens with one attached hydrogen (secondary N) is 1. The van der Waals surface area contributed by atoms with Crippen LogP contribution in [0, 0.1) is 17.8 Å². The summed E-state index contributed by atoms with van der Waals surface area (Å²) in [4.78, 5) is 20.4. The first-order valence-electron chi connectivity index (χ1n) is 8.07. The van der Waals surface area contributed by atoms with E-state index in [2.05, 4.69) is 15.3 Å². The van der Waals surface area contributed by atoms with Crippen LogP contribution in [0.2, 0.25) is 5.28 Å². The maximum atomic E-state index is 12.6. The number of rotatable bonds is 3. The quantitative estimate of drug-likeness (QED) is 0.822. The Balaban J connectivity index is 1.54. The summed E-state index contributed by atoms with van der Waals surface area (Å²) in [6.07, 6.45) is 6.10. The molecule has 124 valence electrons. The Morgan fingerprint density at radius 2 is 2.09 bits per heavy atom. The molecule has 2 N–H and O–H groups in total. The molecule has 1 aromatic rings. The normalized spacial score (nSPS) is 37.7. The van der Waals surface area contributed by atoms with Crippen LogP contribution in [0.5, 0.6) is 5.88 Å². The molecule has 4 fully saturated rings. The zero-order valence-corrected chi connectivity index (χ0v) is 13.7. The lowest BCUT2D eigenvalue weighted by Crippen LogP contribution is -2.61. The third kappa shape index (κ3) is 2.58. The second kappa shape index (κ2) is 5.31. The predicted octanol–water partition coefficient (Wildman–Crippen LogP) is 1.81. The van der Waals surface area contributed by atoms with Crippen molar-refractivity contribution in [1.82, 2.24) is 15.3 Å². The zero-order chi connectivity index (χ0) is 16.2. The van der Waals surface area contributed by atoms with E-state index in [1.54, 1.807) is 0 Å². The summed E-state index contributed by atoms with van der Waals surface area (Å²) < 4.78 is 5.13. The van der Waals surface area contributed by atoms with Crippen LogP contribution in [0.4, 0.5) is 0 Å². The van der Waals surface area contributed by atoms with Gasteiger partial charge in [-0.15, -0.1) is 0 Å². The Kier molecular flexibility index (Phi) is 3.50. The summed E-state index contributed by atoms with van der Waals surface area (Å²) in [5.41, 5.74) is -0.205. The van der Waals surface area contributed by atoms with Gasteiger partial charge >= 0.3 is 0 Å². The van der Waals surface area contributed by atoms with Gasteiger partial charge in [-0.2, -0.15) is 4.98 Å². The molecule has 0 saturated heterocycles. The summed E-state index contributed by atoms with van der Waals surface area (Å²) in [6, 6.07) is 0.111. The van der Waals surface area contributed by atoms with Crippen molar-refractivity contribution in [3.05, 3.63) is 17.0 Å². The molecule has 1 heterocycles. The number of aromatic nitrogens is 2. The molecule has 7 heteroatoms. The molecule has 6 nitrogen and oxygen atoms in total. The van der Waals surface area contributed by atoms with Crippen LogP contribution in [-0.4, -0.2) is 39.7 Å². The molecular formula is C16H20ClN3O3. The molecule has 0 aliphatic heterocycles. The van der Waals surface area contributed by atoms with Crippen molar-refractivity contribution in [2.24, 2.45) is 17.8 Å². The second-order valence-electron chi connectivity index (χ2n) is 7.26. The lowest BCUT2D eigenvalue weighted by molar-refractivity contribution is -0.136. The minimum Gasteiger partial charge on any atom is -0.480 e. The highest BCUT2D eigenvalue weighted by Crippen LogP contribution is 2.55.